The Kier molecular flexibility index (Phi) is 3.63. The summed E-state index contributed by atoms with van der Waals surface area (Å²) in [7, 11) is 0. The Morgan fingerprint density at radius 3 is 2.19 bits per heavy atom. The van der Waals surface area contributed by atoms with Crippen LogP contribution in [0.4, 0.5) is 13.2 Å². The molecule has 0 aliphatic carbocycles. The lowest BCUT2D eigenvalue weighted by Crippen LogP contribution is -2.41. The third-order valence-corrected chi connectivity index (χ3v) is 2.91. The second-order valence-corrected chi connectivity index (χ2v) is 4.24. The first-order valence-corrected chi connectivity index (χ1v) is 5.99. The topological polar surface area (TPSA) is 64.2 Å². The number of halogens is 3. The van der Waals surface area contributed by atoms with Gasteiger partial charge >= 0.3 is 11.9 Å². The number of benzene rings is 1. The largest absolute Gasteiger partial charge is 0.508 e. The molecule has 2 rings (SSSR count). The Morgan fingerprint density at radius 2 is 1.71 bits per heavy atom. The van der Waals surface area contributed by atoms with Gasteiger partial charge in [-0.15, -0.1) is 0 Å². The molecule has 0 fully saturated rings. The molecule has 1 N–H and O–H groups in total. The second-order valence-electron chi connectivity index (χ2n) is 4.24. The van der Waals surface area contributed by atoms with Gasteiger partial charge in [-0.2, -0.15) is 13.2 Å². The van der Waals surface area contributed by atoms with Crippen LogP contribution >= 0.6 is 0 Å². The van der Waals surface area contributed by atoms with Gasteiger partial charge < -0.3 is 5.11 Å². The molecule has 0 spiro atoms. The summed E-state index contributed by atoms with van der Waals surface area (Å²) < 4.78 is 39.6. The van der Waals surface area contributed by atoms with E-state index >= 15 is 0 Å². The van der Waals surface area contributed by atoms with E-state index in [1.54, 1.807) is 0 Å². The maximum atomic E-state index is 12.8. The number of rotatable bonds is 2. The van der Waals surface area contributed by atoms with E-state index in [-0.39, 0.29) is 18.0 Å². The standard InChI is InChI=1S/C13H11F3N2O3/c1-2-17-10(13(14,15)16)7-11(20)18(12(17)21)8-3-5-9(19)6-4-8/h3-7,19H,2H2,1H3. The molecule has 8 heteroatoms. The SMILES string of the molecule is CCn1c(C(F)(F)F)cc(=O)n(-c2ccc(O)cc2)c1=O. The van der Waals surface area contributed by atoms with Crippen molar-refractivity contribution in [1.82, 2.24) is 9.13 Å². The third kappa shape index (κ3) is 2.69. The Balaban J connectivity index is 2.79. The van der Waals surface area contributed by atoms with Crippen molar-refractivity contribution in [3.8, 4) is 11.4 Å². The van der Waals surface area contributed by atoms with E-state index in [1.165, 1.54) is 31.2 Å². The molecule has 0 amide bonds. The number of hydrogen-bond acceptors (Lipinski definition) is 3. The van der Waals surface area contributed by atoms with Crippen LogP contribution in [0.25, 0.3) is 5.69 Å². The molecule has 1 heterocycles. The van der Waals surface area contributed by atoms with Crippen LogP contribution < -0.4 is 11.2 Å². The number of phenols is 1. The molecule has 0 aliphatic rings. The van der Waals surface area contributed by atoms with Crippen molar-refractivity contribution >= 4 is 0 Å². The van der Waals surface area contributed by atoms with Gasteiger partial charge in [0.05, 0.1) is 5.69 Å². The van der Waals surface area contributed by atoms with Gasteiger partial charge in [-0.3, -0.25) is 9.36 Å². The molecule has 0 saturated carbocycles. The summed E-state index contributed by atoms with van der Waals surface area (Å²) in [5.41, 5.74) is -3.36. The number of alkyl halides is 3. The van der Waals surface area contributed by atoms with E-state index in [0.29, 0.717) is 15.2 Å². The van der Waals surface area contributed by atoms with Crippen molar-refractivity contribution in [1.29, 1.82) is 0 Å². The predicted octanol–water partition coefficient (Wildman–Crippen LogP) is 1.74. The first-order chi connectivity index (χ1) is 9.75. The second kappa shape index (κ2) is 5.12. The van der Waals surface area contributed by atoms with Crippen molar-refractivity contribution < 1.29 is 18.3 Å². The normalized spacial score (nSPS) is 11.6. The molecule has 0 saturated heterocycles. The molecule has 0 radical (unpaired) electrons. The van der Waals surface area contributed by atoms with Crippen molar-refractivity contribution in [2.24, 2.45) is 0 Å². The molecule has 0 unspecified atom stereocenters. The molecule has 0 atom stereocenters. The Labute approximate surface area is 116 Å². The van der Waals surface area contributed by atoms with Crippen LogP contribution in [0.2, 0.25) is 0 Å². The molecule has 0 aliphatic heterocycles. The minimum Gasteiger partial charge on any atom is -0.508 e. The average molecular weight is 300 g/mol. The maximum absolute atomic E-state index is 12.8. The molecule has 1 aromatic heterocycles. The Bertz CT molecular complexity index is 773. The number of aromatic nitrogens is 2. The van der Waals surface area contributed by atoms with Gasteiger partial charge in [0, 0.05) is 12.6 Å². The zero-order chi connectivity index (χ0) is 15.8. The number of hydrogen-bond donors (Lipinski definition) is 1. The van der Waals surface area contributed by atoms with Gasteiger partial charge in [0.1, 0.15) is 11.4 Å². The van der Waals surface area contributed by atoms with E-state index in [0.717, 1.165) is 0 Å². The van der Waals surface area contributed by atoms with Crippen LogP contribution in [0.15, 0.2) is 39.9 Å². The summed E-state index contributed by atoms with van der Waals surface area (Å²) in [6, 6.07) is 5.39. The van der Waals surface area contributed by atoms with E-state index < -0.39 is 23.1 Å². The fourth-order valence-corrected chi connectivity index (χ4v) is 1.96. The van der Waals surface area contributed by atoms with Crippen molar-refractivity contribution in [3.05, 3.63) is 56.9 Å². The number of nitrogens with zero attached hydrogens (tertiary/aromatic N) is 2. The summed E-state index contributed by atoms with van der Waals surface area (Å²) in [5.74, 6) is -0.0884. The van der Waals surface area contributed by atoms with Gasteiger partial charge in [0.25, 0.3) is 5.56 Å². The highest BCUT2D eigenvalue weighted by Gasteiger charge is 2.35. The molecule has 1 aromatic carbocycles. The Morgan fingerprint density at radius 1 is 1.14 bits per heavy atom. The molecular formula is C13H11F3N2O3. The predicted molar refractivity (Wildman–Crippen MR) is 68.6 cm³/mol. The molecule has 21 heavy (non-hydrogen) atoms. The molecular weight excluding hydrogens is 289 g/mol. The van der Waals surface area contributed by atoms with Crippen LogP contribution in [0.3, 0.4) is 0 Å². The molecule has 2 aromatic rings. The van der Waals surface area contributed by atoms with E-state index in [4.69, 9.17) is 0 Å². The van der Waals surface area contributed by atoms with Gasteiger partial charge in [0.15, 0.2) is 0 Å². The summed E-state index contributed by atoms with van der Waals surface area (Å²) in [6.45, 7) is 1.15. The smallest absolute Gasteiger partial charge is 0.431 e. The minimum atomic E-state index is -4.79. The maximum Gasteiger partial charge on any atom is 0.431 e. The fraction of sp³-hybridized carbons (Fsp3) is 0.231. The highest BCUT2D eigenvalue weighted by molar-refractivity contribution is 5.36. The van der Waals surface area contributed by atoms with Crippen LogP contribution in [0.5, 0.6) is 5.75 Å². The monoisotopic (exact) mass is 300 g/mol. The first kappa shape index (κ1) is 14.9. The van der Waals surface area contributed by atoms with Crippen LogP contribution in [-0.2, 0) is 12.7 Å². The van der Waals surface area contributed by atoms with Crippen molar-refractivity contribution in [3.63, 3.8) is 0 Å². The lowest BCUT2D eigenvalue weighted by molar-refractivity contribution is -0.144. The number of phenolic OH excluding ortho intramolecular Hbond substituents is 1. The highest BCUT2D eigenvalue weighted by atomic mass is 19.4. The molecule has 0 bridgehead atoms. The quantitative estimate of drug-likeness (QED) is 0.919. The lowest BCUT2D eigenvalue weighted by atomic mass is 10.3. The van der Waals surface area contributed by atoms with Crippen LogP contribution in [0, 0.1) is 0 Å². The van der Waals surface area contributed by atoms with E-state index in [1.807, 2.05) is 0 Å². The van der Waals surface area contributed by atoms with Crippen LogP contribution in [-0.4, -0.2) is 14.2 Å². The zero-order valence-corrected chi connectivity index (χ0v) is 10.9. The first-order valence-electron chi connectivity index (χ1n) is 5.99. The zero-order valence-electron chi connectivity index (χ0n) is 10.9. The number of aromatic hydroxyl groups is 1. The van der Waals surface area contributed by atoms with Gasteiger partial charge in [-0.05, 0) is 31.2 Å². The lowest BCUT2D eigenvalue weighted by Gasteiger charge is -2.15. The summed E-state index contributed by atoms with van der Waals surface area (Å²) in [6.07, 6.45) is -4.79. The Hall–Kier alpha value is -2.51. The summed E-state index contributed by atoms with van der Waals surface area (Å²) in [4.78, 5) is 24.0. The summed E-state index contributed by atoms with van der Waals surface area (Å²) in [5, 5.41) is 9.17. The molecule has 5 nitrogen and oxygen atoms in total. The average Bonchev–Trinajstić information content (AvgIpc) is 2.39. The van der Waals surface area contributed by atoms with Crippen LogP contribution in [0.1, 0.15) is 12.6 Å². The van der Waals surface area contributed by atoms with Crippen molar-refractivity contribution in [2.75, 3.05) is 0 Å². The van der Waals surface area contributed by atoms with E-state index in [2.05, 4.69) is 0 Å². The van der Waals surface area contributed by atoms with Gasteiger partial charge in [-0.1, -0.05) is 0 Å². The fourth-order valence-electron chi connectivity index (χ4n) is 1.96. The van der Waals surface area contributed by atoms with Crippen molar-refractivity contribution in [2.45, 2.75) is 19.6 Å². The van der Waals surface area contributed by atoms with Gasteiger partial charge in [-0.25, -0.2) is 9.36 Å². The molecule has 112 valence electrons. The van der Waals surface area contributed by atoms with Gasteiger partial charge in [0.2, 0.25) is 0 Å². The minimum absolute atomic E-state index is 0.0822. The summed E-state index contributed by atoms with van der Waals surface area (Å²) >= 11 is 0. The third-order valence-electron chi connectivity index (χ3n) is 2.91. The van der Waals surface area contributed by atoms with E-state index in [9.17, 15) is 27.9 Å². The highest BCUT2D eigenvalue weighted by Crippen LogP contribution is 2.27.